The normalized spacial score (nSPS) is 17.8. The van der Waals surface area contributed by atoms with E-state index in [0.29, 0.717) is 93.8 Å². The van der Waals surface area contributed by atoms with Crippen LogP contribution in [-0.2, 0) is 30.8 Å². The van der Waals surface area contributed by atoms with E-state index in [1.54, 1.807) is 21.3 Å². The molecule has 610 valence electrons. The molecule has 115 heavy (non-hydrogen) atoms. The summed E-state index contributed by atoms with van der Waals surface area (Å²) in [6.45, 7) is 9.39. The molecule has 0 radical (unpaired) electrons. The van der Waals surface area contributed by atoms with Gasteiger partial charge in [-0.2, -0.15) is 15.0 Å². The molecule has 28 heteroatoms. The third kappa shape index (κ3) is 27.7. The van der Waals surface area contributed by atoms with E-state index in [9.17, 15) is 27.6 Å². The van der Waals surface area contributed by atoms with Crippen LogP contribution in [-0.4, -0.2) is 145 Å². The third-order valence-corrected chi connectivity index (χ3v) is 20.3. The van der Waals surface area contributed by atoms with Gasteiger partial charge < -0.3 is 76.3 Å². The molecular formula is C87H105ClF3N15O9. The minimum absolute atomic E-state index is 0.00170. The molecule has 0 bridgehead atoms. The van der Waals surface area contributed by atoms with Gasteiger partial charge in [0.15, 0.2) is 34.9 Å². The summed E-state index contributed by atoms with van der Waals surface area (Å²) in [5, 5.41) is 29.1. The van der Waals surface area contributed by atoms with Crippen molar-refractivity contribution < 1.29 is 56.0 Å². The molecule has 0 aliphatic heterocycles. The van der Waals surface area contributed by atoms with Gasteiger partial charge in [-0.25, -0.2) is 28.1 Å². The maximum Gasteiger partial charge on any atom is 0.251 e. The van der Waals surface area contributed by atoms with Gasteiger partial charge in [0.2, 0.25) is 23.8 Å². The molecule has 24 nitrogen and oxygen atoms in total. The fourth-order valence-electron chi connectivity index (χ4n) is 13.8. The van der Waals surface area contributed by atoms with Crippen molar-refractivity contribution >= 4 is 81.7 Å². The summed E-state index contributed by atoms with van der Waals surface area (Å²) in [6.07, 6.45) is 17.1. The lowest BCUT2D eigenvalue weighted by molar-refractivity contribution is -0.122. The first-order valence-electron chi connectivity index (χ1n) is 39.5. The molecule has 3 amide bonds. The quantitative estimate of drug-likeness (QED) is 0.0173. The van der Waals surface area contributed by atoms with Crippen LogP contribution in [0.5, 0.6) is 17.2 Å². The zero-order chi connectivity index (χ0) is 80.9. The first-order valence-corrected chi connectivity index (χ1v) is 39.8. The lowest BCUT2D eigenvalue weighted by atomic mass is 9.86. The molecule has 6 unspecified atom stereocenters. The van der Waals surface area contributed by atoms with E-state index in [1.807, 2.05) is 133 Å². The second kappa shape index (κ2) is 43.0. The number of aromatic nitrogens is 6. The predicted octanol–water partition coefficient (Wildman–Crippen LogP) is 16.8. The topological polar surface area (TPSA) is 292 Å². The molecule has 6 atom stereocenters. The van der Waals surface area contributed by atoms with Crippen LogP contribution in [0.25, 0.3) is 0 Å². The maximum atomic E-state index is 14.6. The van der Waals surface area contributed by atoms with Gasteiger partial charge in [-0.05, 0) is 234 Å². The molecule has 9 aromatic rings. The highest BCUT2D eigenvalue weighted by atomic mass is 35.5. The van der Waals surface area contributed by atoms with Crippen molar-refractivity contribution in [2.24, 2.45) is 0 Å². The Hall–Kier alpha value is -10.9. The molecule has 4 fully saturated rings. The number of carbonyl (C=O) groups is 3. The van der Waals surface area contributed by atoms with E-state index >= 15 is 0 Å². The SMILES string of the molecule is COCCOc1ccc(Nc2ncc(F)c(NC3CCCC(NC(=O)CCc4cccc(Cl)c4)C3)n2)cc1.COCCOc1ccc(Nc2ncc(F)c(NC3CCCC(NC(=O)c4ccc(C(C)(C)C)cc4)C3)n2)cc1.COCCOc1ccc(Nc2ncc(F)c(NC3CCCC(NC(=O)c4ccc(C5CC5)cc4)C3)n2)cc1. The molecule has 0 spiro atoms. The van der Waals surface area contributed by atoms with Crippen LogP contribution in [0.1, 0.15) is 160 Å². The number of aryl methyl sites for hydroxylation is 1. The summed E-state index contributed by atoms with van der Waals surface area (Å²) >= 11 is 6.03. The average molecular weight is 1600 g/mol. The highest BCUT2D eigenvalue weighted by molar-refractivity contribution is 6.30. The summed E-state index contributed by atoms with van der Waals surface area (Å²) in [5.41, 5.74) is 7.15. The van der Waals surface area contributed by atoms with E-state index in [0.717, 1.165) is 116 Å². The van der Waals surface area contributed by atoms with E-state index in [4.69, 9.17) is 40.0 Å². The lowest BCUT2D eigenvalue weighted by Crippen LogP contribution is -2.42. The van der Waals surface area contributed by atoms with Gasteiger partial charge in [-0.15, -0.1) is 0 Å². The standard InChI is InChI=1S/C30H38FN5O3.C29H34FN5O3.C28H33ClFN5O3/c1-30(2,3)21-10-8-20(9-11-21)28(37)34-24-7-5-6-23(18-24)33-27-26(31)19-32-29(36-27)35-22-12-14-25(15-13-22)39-17-16-38-4;1-37-15-16-38-25-13-11-22(12-14-25)34-29-31-18-26(30)27(35-29)32-23-3-2-4-24(17-23)33-28(36)21-9-7-20(8-10-21)19-5-6-19;1-37-14-15-38-24-11-9-21(10-12-24)34-28-31-18-25(30)27(35-28)33-23-7-3-6-22(17-23)32-26(36)13-8-19-4-2-5-20(29)16-19/h8-15,19,23-24H,5-7,16-18H2,1-4H3,(H,34,37)(H2,32,33,35,36);7-14,18-19,23-24H,2-6,15-17H2,1H3,(H,33,36)(H2,31,32,34,35);2,4-5,9-12,16,18,22-23H,3,6-8,13-15,17H2,1H3,(H,32,36)(H2,31,33,34,35). The average Bonchev–Trinajstić information content (AvgIpc) is 1.81. The zero-order valence-electron chi connectivity index (χ0n) is 66.1. The van der Waals surface area contributed by atoms with Crippen LogP contribution < -0.4 is 62.1 Å². The highest BCUT2D eigenvalue weighted by Crippen LogP contribution is 2.40. The lowest BCUT2D eigenvalue weighted by Gasteiger charge is -2.31. The first-order chi connectivity index (χ1) is 55.8. The van der Waals surface area contributed by atoms with Gasteiger partial charge in [-0.1, -0.05) is 68.8 Å². The second-order valence-electron chi connectivity index (χ2n) is 30.1. The number of amides is 3. The zero-order valence-corrected chi connectivity index (χ0v) is 66.8. The van der Waals surface area contributed by atoms with Crippen LogP contribution in [0.4, 0.5) is 65.5 Å². The Balaban J connectivity index is 0.000000170. The van der Waals surface area contributed by atoms with Crippen LogP contribution >= 0.6 is 11.6 Å². The van der Waals surface area contributed by atoms with Gasteiger partial charge in [-0.3, -0.25) is 14.4 Å². The summed E-state index contributed by atoms with van der Waals surface area (Å²) in [7, 11) is 4.88. The molecule has 4 saturated carbocycles. The van der Waals surface area contributed by atoms with Crippen molar-refractivity contribution in [1.82, 2.24) is 45.9 Å². The van der Waals surface area contributed by atoms with Crippen molar-refractivity contribution in [3.63, 3.8) is 0 Å². The summed E-state index contributed by atoms with van der Waals surface area (Å²) in [6, 6.07) is 45.3. The molecule has 0 saturated heterocycles. The van der Waals surface area contributed by atoms with Gasteiger partial charge in [0, 0.05) is 97.2 Å². The number of carbonyl (C=O) groups excluding carboxylic acids is 3. The summed E-state index contributed by atoms with van der Waals surface area (Å²) in [4.78, 5) is 63.5. The minimum Gasteiger partial charge on any atom is -0.491 e. The van der Waals surface area contributed by atoms with Crippen LogP contribution in [0.2, 0.25) is 5.02 Å². The van der Waals surface area contributed by atoms with Gasteiger partial charge in [0.1, 0.15) is 37.1 Å². The highest BCUT2D eigenvalue weighted by Gasteiger charge is 2.30. The molecule has 4 aliphatic rings. The first kappa shape index (κ1) is 85.0. The molecule has 13 rings (SSSR count). The van der Waals surface area contributed by atoms with Crippen molar-refractivity contribution in [3.8, 4) is 17.2 Å². The number of anilines is 9. The van der Waals surface area contributed by atoms with Gasteiger partial charge in [0.05, 0.1) is 38.4 Å². The molecule has 4 aliphatic carbocycles. The Morgan fingerprint density at radius 1 is 0.443 bits per heavy atom. The number of benzene rings is 6. The number of ether oxygens (including phenoxy) is 6. The largest absolute Gasteiger partial charge is 0.491 e. The smallest absolute Gasteiger partial charge is 0.251 e. The van der Waals surface area contributed by atoms with E-state index < -0.39 is 17.5 Å². The monoisotopic (exact) mass is 1600 g/mol. The maximum absolute atomic E-state index is 14.6. The van der Waals surface area contributed by atoms with Crippen molar-refractivity contribution in [2.45, 2.75) is 171 Å². The number of halogens is 4. The molecule has 3 aromatic heterocycles. The Bertz CT molecular complexity index is 4550. The number of methoxy groups -OCH3 is 3. The fraction of sp³-hybridized carbons (Fsp3) is 0.414. The summed E-state index contributed by atoms with van der Waals surface area (Å²) < 4.78 is 75.4. The molecule has 9 N–H and O–H groups in total. The Morgan fingerprint density at radius 2 is 0.809 bits per heavy atom. The number of nitrogens with zero attached hydrogens (tertiary/aromatic N) is 6. The Kier molecular flexibility index (Phi) is 31.8. The van der Waals surface area contributed by atoms with E-state index in [-0.39, 0.29) is 94.7 Å². The molecule has 3 heterocycles. The second-order valence-corrected chi connectivity index (χ2v) is 30.6. The van der Waals surface area contributed by atoms with Crippen molar-refractivity contribution in [3.05, 3.63) is 214 Å². The van der Waals surface area contributed by atoms with Crippen molar-refractivity contribution in [2.75, 3.05) is 92.9 Å². The fourth-order valence-corrected chi connectivity index (χ4v) is 14.0. The van der Waals surface area contributed by atoms with Crippen molar-refractivity contribution in [1.29, 1.82) is 0 Å². The van der Waals surface area contributed by atoms with Crippen LogP contribution in [0.3, 0.4) is 0 Å². The predicted molar refractivity (Wildman–Crippen MR) is 443 cm³/mol. The van der Waals surface area contributed by atoms with Gasteiger partial charge in [0.25, 0.3) is 11.8 Å². The number of hydrogen-bond donors (Lipinski definition) is 9. The van der Waals surface area contributed by atoms with Crippen LogP contribution in [0.15, 0.2) is 164 Å². The number of hydrogen-bond acceptors (Lipinski definition) is 21. The third-order valence-electron chi connectivity index (χ3n) is 20.1. The van der Waals surface area contributed by atoms with E-state index in [2.05, 4.69) is 111 Å². The Labute approximate surface area is 675 Å². The summed E-state index contributed by atoms with van der Waals surface area (Å²) in [5.74, 6) is 2.42. The number of nitrogens with one attached hydrogen (secondary N) is 9. The van der Waals surface area contributed by atoms with E-state index in [1.165, 1.54) is 24.0 Å². The number of rotatable bonds is 33. The van der Waals surface area contributed by atoms with Crippen LogP contribution in [0, 0.1) is 17.5 Å². The molecule has 6 aromatic carbocycles. The minimum atomic E-state index is -0.523. The Morgan fingerprint density at radius 3 is 1.17 bits per heavy atom. The molecular weight excluding hydrogens is 1490 g/mol. The van der Waals surface area contributed by atoms with Gasteiger partial charge >= 0.3 is 0 Å².